The molecule has 20 heavy (non-hydrogen) atoms. The first-order chi connectivity index (χ1) is 9.63. The van der Waals surface area contributed by atoms with Crippen molar-refractivity contribution in [2.45, 2.75) is 65.8 Å². The van der Waals surface area contributed by atoms with E-state index >= 15 is 0 Å². The lowest BCUT2D eigenvalue weighted by Crippen LogP contribution is -2.24. The summed E-state index contributed by atoms with van der Waals surface area (Å²) in [5.41, 5.74) is 0.422. The first-order valence-corrected chi connectivity index (χ1v) is 7.81. The van der Waals surface area contributed by atoms with Crippen LogP contribution in [0, 0.1) is 5.92 Å². The van der Waals surface area contributed by atoms with Crippen LogP contribution in [-0.2, 0) is 6.54 Å². The molecule has 0 fully saturated rings. The van der Waals surface area contributed by atoms with Crippen molar-refractivity contribution in [1.82, 2.24) is 20.3 Å². The maximum atomic E-state index is 11.9. The minimum absolute atomic E-state index is 0. The number of unbranched alkanes of at least 4 members (excludes halogenated alkanes) is 3. The van der Waals surface area contributed by atoms with E-state index in [0.717, 1.165) is 31.7 Å². The molecule has 0 aliphatic rings. The van der Waals surface area contributed by atoms with Crippen molar-refractivity contribution < 1.29 is 6.22 Å². The van der Waals surface area contributed by atoms with Gasteiger partial charge >= 0.3 is 0 Å². The fraction of sp³-hybridized carbons (Fsp3) is 0.800. The Morgan fingerprint density at radius 2 is 2.15 bits per heavy atom. The molecular formula is C15H30N4O. The molecule has 0 aromatic carbocycles. The zero-order valence-electron chi connectivity index (χ0n) is 13.1. The third-order valence-corrected chi connectivity index (χ3v) is 3.26. The number of nitrogens with one attached hydrogen (secondary N) is 1. The molecule has 1 heterocycles. The van der Waals surface area contributed by atoms with E-state index in [-0.39, 0.29) is 7.33 Å². The van der Waals surface area contributed by atoms with Gasteiger partial charge in [-0.25, -0.2) is 0 Å². The standard InChI is InChI=1S/C15H28N4O.H2/c1-4-5-8-11-19-12-14(17-18-19)15(20)16-10-7-6-9-13(2)3;/h12-13H,4-11H2,1-3H3,(H,16,20);1H. The Morgan fingerprint density at radius 1 is 1.35 bits per heavy atom. The highest BCUT2D eigenvalue weighted by Crippen LogP contribution is 2.05. The molecular weight excluding hydrogens is 252 g/mol. The molecule has 0 aliphatic heterocycles. The molecule has 1 rings (SSSR count). The van der Waals surface area contributed by atoms with Gasteiger partial charge in [-0.3, -0.25) is 9.48 Å². The number of hydrogen-bond donors (Lipinski definition) is 1. The predicted octanol–water partition coefficient (Wildman–Crippen LogP) is 3.27. The van der Waals surface area contributed by atoms with Gasteiger partial charge in [0.05, 0.1) is 6.20 Å². The third-order valence-electron chi connectivity index (χ3n) is 3.26. The van der Waals surface area contributed by atoms with Crippen LogP contribution in [-0.4, -0.2) is 27.4 Å². The van der Waals surface area contributed by atoms with E-state index in [9.17, 15) is 4.79 Å². The second kappa shape index (κ2) is 9.50. The fourth-order valence-electron chi connectivity index (χ4n) is 2.01. The largest absolute Gasteiger partial charge is 0.351 e. The number of nitrogens with zero attached hydrogens (tertiary/aromatic N) is 3. The molecule has 0 spiro atoms. The van der Waals surface area contributed by atoms with Crippen LogP contribution in [0.1, 0.15) is 71.2 Å². The topological polar surface area (TPSA) is 59.8 Å². The highest BCUT2D eigenvalue weighted by molar-refractivity contribution is 5.91. The molecule has 5 heteroatoms. The van der Waals surface area contributed by atoms with Gasteiger partial charge in [0, 0.05) is 14.5 Å². The van der Waals surface area contributed by atoms with Crippen LogP contribution in [0.15, 0.2) is 6.20 Å². The van der Waals surface area contributed by atoms with Crippen molar-refractivity contribution in [3.05, 3.63) is 11.9 Å². The van der Waals surface area contributed by atoms with Gasteiger partial charge in [0.1, 0.15) is 0 Å². The highest BCUT2D eigenvalue weighted by atomic mass is 16.2. The Bertz CT molecular complexity index is 393. The number of amides is 1. The van der Waals surface area contributed by atoms with Gasteiger partial charge in [0.2, 0.25) is 0 Å². The number of carbonyl (C=O) groups is 1. The number of hydrogen-bond acceptors (Lipinski definition) is 3. The number of carbonyl (C=O) groups excluding carboxylic acids is 1. The summed E-state index contributed by atoms with van der Waals surface area (Å²) in [6.45, 7) is 8.15. The van der Waals surface area contributed by atoms with Crippen LogP contribution in [0.2, 0.25) is 0 Å². The van der Waals surface area contributed by atoms with Gasteiger partial charge in [-0.15, -0.1) is 5.10 Å². The van der Waals surface area contributed by atoms with Gasteiger partial charge in [0.25, 0.3) is 5.91 Å². The molecule has 0 radical (unpaired) electrons. The van der Waals surface area contributed by atoms with E-state index in [1.54, 1.807) is 10.9 Å². The third kappa shape index (κ3) is 6.68. The lowest BCUT2D eigenvalue weighted by molar-refractivity contribution is 0.0948. The SMILES string of the molecule is CCCCCn1cc(C(=O)NCCCCC(C)C)nn1.[HH]. The molecule has 0 atom stereocenters. The van der Waals surface area contributed by atoms with Crippen molar-refractivity contribution in [1.29, 1.82) is 0 Å². The van der Waals surface area contributed by atoms with Crippen LogP contribution in [0.3, 0.4) is 0 Å². The Morgan fingerprint density at radius 3 is 2.85 bits per heavy atom. The molecule has 1 aromatic heterocycles. The molecule has 1 amide bonds. The van der Waals surface area contributed by atoms with E-state index in [2.05, 4.69) is 36.4 Å². The van der Waals surface area contributed by atoms with Crippen molar-refractivity contribution in [2.24, 2.45) is 5.92 Å². The van der Waals surface area contributed by atoms with Crippen LogP contribution in [0.25, 0.3) is 0 Å². The smallest absolute Gasteiger partial charge is 0.273 e. The molecule has 0 saturated heterocycles. The van der Waals surface area contributed by atoms with E-state index in [1.165, 1.54) is 19.3 Å². The summed E-state index contributed by atoms with van der Waals surface area (Å²) < 4.78 is 1.75. The molecule has 1 aromatic rings. The summed E-state index contributed by atoms with van der Waals surface area (Å²) in [4.78, 5) is 11.9. The maximum absolute atomic E-state index is 11.9. The van der Waals surface area contributed by atoms with Crippen molar-refractivity contribution in [3.63, 3.8) is 0 Å². The van der Waals surface area contributed by atoms with E-state index in [1.807, 2.05) is 0 Å². The van der Waals surface area contributed by atoms with Gasteiger partial charge < -0.3 is 5.32 Å². The van der Waals surface area contributed by atoms with E-state index in [4.69, 9.17) is 0 Å². The quantitative estimate of drug-likeness (QED) is 0.670. The Balaban J connectivity index is 0.00000400. The monoisotopic (exact) mass is 282 g/mol. The molecule has 1 N–H and O–H groups in total. The molecule has 0 aliphatic carbocycles. The number of aryl methyl sites for hydroxylation is 1. The minimum atomic E-state index is -0.115. The summed E-state index contributed by atoms with van der Waals surface area (Å²) in [5.74, 6) is 0.616. The second-order valence-corrected chi connectivity index (χ2v) is 5.72. The molecule has 116 valence electrons. The van der Waals surface area contributed by atoms with Crippen molar-refractivity contribution >= 4 is 5.91 Å². The summed E-state index contributed by atoms with van der Waals surface area (Å²) >= 11 is 0. The predicted molar refractivity (Wildman–Crippen MR) is 82.7 cm³/mol. The minimum Gasteiger partial charge on any atom is -0.351 e. The summed E-state index contributed by atoms with van der Waals surface area (Å²) in [6, 6.07) is 0. The first kappa shape index (κ1) is 16.7. The normalized spacial score (nSPS) is 11.0. The lowest BCUT2D eigenvalue weighted by atomic mass is 10.1. The zero-order chi connectivity index (χ0) is 14.8. The average molecular weight is 282 g/mol. The number of aromatic nitrogens is 3. The first-order valence-electron chi connectivity index (χ1n) is 7.81. The maximum Gasteiger partial charge on any atom is 0.273 e. The van der Waals surface area contributed by atoms with E-state index < -0.39 is 0 Å². The Labute approximate surface area is 123 Å². The molecule has 0 saturated carbocycles. The summed E-state index contributed by atoms with van der Waals surface area (Å²) in [5, 5.41) is 10.8. The summed E-state index contributed by atoms with van der Waals surface area (Å²) in [7, 11) is 0. The molecule has 0 bridgehead atoms. The fourth-order valence-corrected chi connectivity index (χ4v) is 2.01. The Kier molecular flexibility index (Phi) is 7.92. The zero-order valence-corrected chi connectivity index (χ0v) is 13.1. The summed E-state index contributed by atoms with van der Waals surface area (Å²) in [6.07, 6.45) is 8.56. The lowest BCUT2D eigenvalue weighted by Gasteiger charge is -2.05. The van der Waals surface area contributed by atoms with Gasteiger partial charge in [-0.1, -0.05) is 51.7 Å². The molecule has 5 nitrogen and oxygen atoms in total. The van der Waals surface area contributed by atoms with Crippen molar-refractivity contribution in [2.75, 3.05) is 6.54 Å². The van der Waals surface area contributed by atoms with Crippen LogP contribution in [0.5, 0.6) is 0 Å². The van der Waals surface area contributed by atoms with Crippen LogP contribution in [0.4, 0.5) is 0 Å². The molecule has 0 unspecified atom stereocenters. The Hall–Kier alpha value is -1.39. The number of rotatable bonds is 10. The highest BCUT2D eigenvalue weighted by Gasteiger charge is 2.09. The van der Waals surface area contributed by atoms with Crippen LogP contribution < -0.4 is 5.32 Å². The van der Waals surface area contributed by atoms with Crippen LogP contribution >= 0.6 is 0 Å². The average Bonchev–Trinajstić information content (AvgIpc) is 2.87. The van der Waals surface area contributed by atoms with Gasteiger partial charge in [-0.05, 0) is 18.8 Å². The second-order valence-electron chi connectivity index (χ2n) is 5.72. The van der Waals surface area contributed by atoms with Gasteiger partial charge in [-0.2, -0.15) is 0 Å². The van der Waals surface area contributed by atoms with Gasteiger partial charge in [0.15, 0.2) is 5.69 Å². The van der Waals surface area contributed by atoms with Crippen molar-refractivity contribution in [3.8, 4) is 0 Å². The van der Waals surface area contributed by atoms with E-state index in [0.29, 0.717) is 12.2 Å².